The van der Waals surface area contributed by atoms with Gasteiger partial charge in [0.1, 0.15) is 5.82 Å². The Hall–Kier alpha value is -3.31. The Morgan fingerprint density at radius 3 is 2.28 bits per heavy atom. The second kappa shape index (κ2) is 12.5. The number of pyridine rings is 1. The molecule has 4 rings (SSSR count). The number of rotatable bonds is 4. The minimum atomic E-state index is -4.67. The van der Waals surface area contributed by atoms with Gasteiger partial charge in [-0.05, 0) is 24.3 Å². The van der Waals surface area contributed by atoms with Crippen LogP contribution in [0.15, 0.2) is 77.5 Å². The van der Waals surface area contributed by atoms with E-state index in [2.05, 4.69) is 31.0 Å². The van der Waals surface area contributed by atoms with E-state index >= 15 is 0 Å². The Kier molecular flexibility index (Phi) is 9.76. The zero-order valence-electron chi connectivity index (χ0n) is 16.1. The van der Waals surface area contributed by atoms with Gasteiger partial charge in [0, 0.05) is 5.56 Å². The largest absolute Gasteiger partial charge is 0.304 e. The summed E-state index contributed by atoms with van der Waals surface area (Å²) in [7, 11) is 0. The number of alkyl halides is 3. The first kappa shape index (κ1) is 25.0. The molecule has 6 nitrogen and oxygen atoms in total. The second-order valence-electron chi connectivity index (χ2n) is 5.86. The average Bonchev–Trinajstić information content (AvgIpc) is 3.32. The molecule has 2 aromatic carbocycles. The molecule has 11 heteroatoms. The molecule has 4 aromatic rings. The summed E-state index contributed by atoms with van der Waals surface area (Å²) in [4.78, 5) is 3.73. The van der Waals surface area contributed by atoms with Crippen molar-refractivity contribution < 1.29 is 44.1 Å². The van der Waals surface area contributed by atoms with E-state index in [1.165, 1.54) is 12.1 Å². The maximum atomic E-state index is 13.1. The van der Waals surface area contributed by atoms with Crippen molar-refractivity contribution in [3.63, 3.8) is 0 Å². The predicted molar refractivity (Wildman–Crippen MR) is 102 cm³/mol. The molecule has 0 unspecified atom stereocenters. The Labute approximate surface area is 190 Å². The normalized spacial score (nSPS) is 10.3. The van der Waals surface area contributed by atoms with Crippen molar-refractivity contribution in [2.24, 2.45) is 0 Å². The molecule has 168 valence electrons. The van der Waals surface area contributed by atoms with Crippen molar-refractivity contribution in [1.82, 2.24) is 15.2 Å². The molecule has 0 spiro atoms. The summed E-state index contributed by atoms with van der Waals surface area (Å²) < 4.78 is 63.2. The fourth-order valence-corrected chi connectivity index (χ4v) is 2.24. The zero-order valence-corrected chi connectivity index (χ0v) is 18.6. The van der Waals surface area contributed by atoms with E-state index in [1.54, 1.807) is 48.8 Å². The van der Waals surface area contributed by atoms with Crippen LogP contribution in [0.25, 0.3) is 16.8 Å². The molecule has 0 amide bonds. The molecule has 0 fully saturated rings. The maximum Gasteiger partial charge on any atom is -0.0558 e. The minimum Gasteiger partial charge on any atom is -0.304 e. The van der Waals surface area contributed by atoms with Gasteiger partial charge in [-0.25, -0.2) is 16.5 Å². The summed E-state index contributed by atoms with van der Waals surface area (Å²) >= 11 is 0.611. The van der Waals surface area contributed by atoms with Crippen LogP contribution in [0, 0.1) is 11.9 Å². The van der Waals surface area contributed by atoms with Crippen LogP contribution < -0.4 is 0 Å². The van der Waals surface area contributed by atoms with Crippen molar-refractivity contribution in [1.29, 1.82) is 0 Å². The van der Waals surface area contributed by atoms with Crippen LogP contribution in [0.3, 0.4) is 0 Å². The number of hydrogen-bond acceptors (Lipinski definition) is 5. The van der Waals surface area contributed by atoms with Crippen LogP contribution >= 0.6 is 0 Å². The number of hydrogen-bond donors (Lipinski definition) is 0. The van der Waals surface area contributed by atoms with Crippen molar-refractivity contribution in [2.75, 3.05) is 0 Å². The van der Waals surface area contributed by atoms with Gasteiger partial charge >= 0.3 is 34.2 Å². The van der Waals surface area contributed by atoms with Crippen molar-refractivity contribution in [3.05, 3.63) is 102 Å². The third kappa shape index (κ3) is 8.08. The molecule has 0 bridgehead atoms. The average molecular weight is 621 g/mol. The minimum absolute atomic E-state index is 0.212. The Balaban J connectivity index is 0.000000387. The van der Waals surface area contributed by atoms with Gasteiger partial charge < -0.3 is 14.7 Å². The SMILES string of the molecule is Fc1cccc([N-]Cc2ccc(-c3nnc(C(F)(F)F)o3)cc2)c1.[O]=[Os].[c-]1cccnc1. The van der Waals surface area contributed by atoms with E-state index < -0.39 is 12.1 Å². The summed E-state index contributed by atoms with van der Waals surface area (Å²) in [6, 6.07) is 18.8. The van der Waals surface area contributed by atoms with Gasteiger partial charge in [-0.15, -0.1) is 22.4 Å². The molecule has 0 aliphatic rings. The van der Waals surface area contributed by atoms with E-state index in [9.17, 15) is 17.6 Å². The van der Waals surface area contributed by atoms with Gasteiger partial charge in [-0.1, -0.05) is 42.2 Å². The van der Waals surface area contributed by atoms with Crippen molar-refractivity contribution in [3.8, 4) is 11.5 Å². The molecule has 2 heterocycles. The van der Waals surface area contributed by atoms with E-state index in [4.69, 9.17) is 3.54 Å². The standard InChI is InChI=1S/C16H10F4N3O.C5H4N.O.Os/c17-12-2-1-3-13(8-12)21-9-10-4-6-11(7-5-10)14-22-23-15(24-14)16(18,19)20;1-2-4-6-5-3-1;;/h1-8H,9H2;1-2,4-5H;;/q2*-1;;. The molecule has 2 aromatic heterocycles. The predicted octanol–water partition coefficient (Wildman–Crippen LogP) is 5.86. The molecule has 0 atom stereocenters. The molecule has 0 saturated heterocycles. The van der Waals surface area contributed by atoms with Gasteiger partial charge in [0.05, 0.1) is 0 Å². The summed E-state index contributed by atoms with van der Waals surface area (Å²) in [6.07, 6.45) is -1.33. The molecular weight excluding hydrogens is 606 g/mol. The summed E-state index contributed by atoms with van der Waals surface area (Å²) in [6.45, 7) is 0.307. The van der Waals surface area contributed by atoms with Gasteiger partial charge in [-0.2, -0.15) is 19.2 Å². The third-order valence-electron chi connectivity index (χ3n) is 3.63. The monoisotopic (exact) mass is 622 g/mol. The van der Waals surface area contributed by atoms with E-state index in [0.717, 1.165) is 5.56 Å². The molecule has 0 N–H and O–H groups in total. The fourth-order valence-electron chi connectivity index (χ4n) is 2.24. The van der Waals surface area contributed by atoms with Gasteiger partial charge in [0.25, 0.3) is 0 Å². The van der Waals surface area contributed by atoms with E-state index in [1.807, 2.05) is 12.1 Å². The fraction of sp³-hybridized carbons (Fsp3) is 0.0952. The molecule has 32 heavy (non-hydrogen) atoms. The summed E-state index contributed by atoms with van der Waals surface area (Å²) in [5.41, 5.74) is 1.68. The topological polar surface area (TPSA) is 83.0 Å². The van der Waals surface area contributed by atoms with E-state index in [0.29, 0.717) is 36.3 Å². The first-order chi connectivity index (χ1) is 15.4. The maximum absolute atomic E-state index is 13.1. The van der Waals surface area contributed by atoms with Crippen LogP contribution in [-0.2, 0) is 34.8 Å². The van der Waals surface area contributed by atoms with Crippen LogP contribution in [0.2, 0.25) is 0 Å². The van der Waals surface area contributed by atoms with Crippen molar-refractivity contribution >= 4 is 5.69 Å². The zero-order chi connectivity index (χ0) is 23.4. The van der Waals surface area contributed by atoms with Gasteiger partial charge in [0.15, 0.2) is 0 Å². The Morgan fingerprint density at radius 1 is 1.03 bits per heavy atom. The van der Waals surface area contributed by atoms with E-state index in [-0.39, 0.29) is 11.7 Å². The van der Waals surface area contributed by atoms with Crippen molar-refractivity contribution in [2.45, 2.75) is 12.7 Å². The molecule has 0 radical (unpaired) electrons. The molecule has 0 aliphatic heterocycles. The Morgan fingerprint density at radius 2 is 1.78 bits per heavy atom. The van der Waals surface area contributed by atoms with Crippen LogP contribution in [0.1, 0.15) is 11.5 Å². The van der Waals surface area contributed by atoms with Gasteiger partial charge in [0.2, 0.25) is 5.89 Å². The molecule has 0 saturated carbocycles. The second-order valence-corrected chi connectivity index (χ2v) is 5.86. The van der Waals surface area contributed by atoms with Gasteiger partial charge in [-0.3, -0.25) is 0 Å². The number of nitrogens with zero attached hydrogens (tertiary/aromatic N) is 4. The third-order valence-corrected chi connectivity index (χ3v) is 3.63. The number of halogens is 4. The smallest absolute Gasteiger partial charge is 0.0558 e. The first-order valence-corrected chi connectivity index (χ1v) is 9.79. The number of benzene rings is 2. The first-order valence-electron chi connectivity index (χ1n) is 8.75. The van der Waals surface area contributed by atoms with Crippen LogP contribution in [-0.4, -0.2) is 15.2 Å². The summed E-state index contributed by atoms with van der Waals surface area (Å²) in [5, 5.41) is 10.6. The number of aromatic nitrogens is 3. The summed E-state index contributed by atoms with van der Waals surface area (Å²) in [5.74, 6) is -1.97. The Bertz CT molecular complexity index is 1050. The molecular formula is C21H14F4N4O2Os-2. The quantitative estimate of drug-likeness (QED) is 0.211. The van der Waals surface area contributed by atoms with Crippen LogP contribution in [0.4, 0.5) is 23.2 Å². The molecule has 0 aliphatic carbocycles. The van der Waals surface area contributed by atoms with Crippen LogP contribution in [0.5, 0.6) is 0 Å².